The predicted molar refractivity (Wildman–Crippen MR) is 63.9 cm³/mol. The van der Waals surface area contributed by atoms with E-state index in [0.717, 1.165) is 18.3 Å². The van der Waals surface area contributed by atoms with Crippen molar-refractivity contribution < 1.29 is 31.5 Å². The predicted octanol–water partition coefficient (Wildman–Crippen LogP) is 1.86. The molecule has 1 aromatic rings. The highest BCUT2D eigenvalue weighted by Gasteiger charge is 2.27. The zero-order valence-electron chi connectivity index (χ0n) is 10.0. The first-order valence-corrected chi connectivity index (χ1v) is 7.01. The van der Waals surface area contributed by atoms with E-state index < -0.39 is 40.8 Å². The van der Waals surface area contributed by atoms with Crippen LogP contribution in [0, 0.1) is 0 Å². The fraction of sp³-hybridized carbons (Fsp3) is 0.400. The molecule has 0 saturated carbocycles. The van der Waals surface area contributed by atoms with Gasteiger partial charge in [0.15, 0.2) is 0 Å². The lowest BCUT2D eigenvalue weighted by Crippen LogP contribution is -2.19. The summed E-state index contributed by atoms with van der Waals surface area (Å²) in [5, 5.41) is 8.59. The van der Waals surface area contributed by atoms with Gasteiger partial charge in [-0.15, -0.1) is 0 Å². The second kappa shape index (κ2) is 6.07. The Kier molecular flexibility index (Phi) is 4.93. The highest BCUT2D eigenvalue weighted by molar-refractivity contribution is 7.92. The van der Waals surface area contributed by atoms with Crippen molar-refractivity contribution in [3.63, 3.8) is 0 Å². The van der Waals surface area contributed by atoms with Gasteiger partial charge in [0.25, 0.3) is 0 Å². The molecule has 1 heterocycles. The Morgan fingerprint density at radius 1 is 1.35 bits per heavy atom. The fourth-order valence-electron chi connectivity index (χ4n) is 1.27. The van der Waals surface area contributed by atoms with E-state index in [-0.39, 0.29) is 11.4 Å². The number of anilines is 1. The summed E-state index contributed by atoms with van der Waals surface area (Å²) < 4.78 is 60.7. The minimum atomic E-state index is -4.40. The maximum atomic E-state index is 11.9. The molecule has 2 N–H and O–H groups in total. The molecule has 112 valence electrons. The summed E-state index contributed by atoms with van der Waals surface area (Å²) in [6.07, 6.45) is -5.17. The fourth-order valence-corrected chi connectivity index (χ4v) is 2.38. The van der Waals surface area contributed by atoms with Crippen molar-refractivity contribution in [2.75, 3.05) is 10.5 Å². The highest BCUT2D eigenvalue weighted by atomic mass is 32.2. The van der Waals surface area contributed by atoms with Crippen LogP contribution in [-0.4, -0.2) is 36.4 Å². The number of pyridine rings is 1. The van der Waals surface area contributed by atoms with Gasteiger partial charge in [-0.2, -0.15) is 13.2 Å². The number of rotatable bonds is 6. The molecule has 0 amide bonds. The summed E-state index contributed by atoms with van der Waals surface area (Å²) in [4.78, 5) is 14.0. The van der Waals surface area contributed by atoms with E-state index in [4.69, 9.17) is 5.11 Å². The molecule has 0 spiro atoms. The van der Waals surface area contributed by atoms with Crippen LogP contribution in [0.1, 0.15) is 23.3 Å². The van der Waals surface area contributed by atoms with Gasteiger partial charge in [0, 0.05) is 6.42 Å². The van der Waals surface area contributed by atoms with Crippen molar-refractivity contribution in [2.24, 2.45) is 0 Å². The summed E-state index contributed by atoms with van der Waals surface area (Å²) in [6, 6.07) is 2.24. The van der Waals surface area contributed by atoms with Gasteiger partial charge < -0.3 is 5.11 Å². The van der Waals surface area contributed by atoms with Crippen LogP contribution in [0.4, 0.5) is 18.9 Å². The zero-order valence-corrected chi connectivity index (χ0v) is 10.8. The first-order valence-electron chi connectivity index (χ1n) is 5.36. The summed E-state index contributed by atoms with van der Waals surface area (Å²) in [5.41, 5.74) is -0.285. The third kappa shape index (κ3) is 5.87. The van der Waals surface area contributed by atoms with E-state index in [1.807, 2.05) is 4.72 Å². The number of nitrogens with zero attached hydrogens (tertiary/aromatic N) is 1. The first kappa shape index (κ1) is 16.2. The molecule has 0 radical (unpaired) electrons. The number of aromatic nitrogens is 1. The second-order valence-electron chi connectivity index (χ2n) is 3.88. The Bertz CT molecular complexity index is 569. The number of alkyl halides is 3. The van der Waals surface area contributed by atoms with Gasteiger partial charge >= 0.3 is 12.1 Å². The Labute approximate surface area is 112 Å². The Hall–Kier alpha value is -1.84. The lowest BCUT2D eigenvalue weighted by molar-refractivity contribution is -0.134. The molecule has 0 unspecified atom stereocenters. The first-order chi connectivity index (χ1) is 9.09. The third-order valence-corrected chi connectivity index (χ3v) is 3.50. The van der Waals surface area contributed by atoms with Gasteiger partial charge in [0.1, 0.15) is 5.69 Å². The Morgan fingerprint density at radius 2 is 2.00 bits per heavy atom. The number of nitrogens with one attached hydrogen (secondary N) is 1. The van der Waals surface area contributed by atoms with Gasteiger partial charge in [-0.3, -0.25) is 4.72 Å². The SMILES string of the molecule is O=C(O)c1ccc(NS(=O)(=O)CCCC(F)(F)F)cn1. The van der Waals surface area contributed by atoms with Crippen molar-refractivity contribution >= 4 is 21.7 Å². The molecule has 0 aliphatic rings. The summed E-state index contributed by atoms with van der Waals surface area (Å²) in [6.45, 7) is 0. The number of carboxylic acids is 1. The average Bonchev–Trinajstić information content (AvgIpc) is 2.26. The zero-order chi connectivity index (χ0) is 15.4. The summed E-state index contributed by atoms with van der Waals surface area (Å²) >= 11 is 0. The van der Waals surface area contributed by atoms with Crippen LogP contribution >= 0.6 is 0 Å². The van der Waals surface area contributed by atoms with E-state index in [0.29, 0.717) is 0 Å². The van der Waals surface area contributed by atoms with Crippen molar-refractivity contribution in [2.45, 2.75) is 19.0 Å². The smallest absolute Gasteiger partial charge is 0.389 e. The molecule has 1 rings (SSSR count). The maximum Gasteiger partial charge on any atom is 0.389 e. The molecule has 6 nitrogen and oxygen atoms in total. The van der Waals surface area contributed by atoms with Gasteiger partial charge in [0.05, 0.1) is 17.6 Å². The molecule has 0 aliphatic carbocycles. The van der Waals surface area contributed by atoms with E-state index in [9.17, 15) is 26.4 Å². The van der Waals surface area contributed by atoms with E-state index >= 15 is 0 Å². The molecule has 0 saturated heterocycles. The molecular formula is C10H11F3N2O4S. The third-order valence-electron chi connectivity index (χ3n) is 2.13. The molecule has 10 heteroatoms. The monoisotopic (exact) mass is 312 g/mol. The van der Waals surface area contributed by atoms with E-state index in [1.165, 1.54) is 0 Å². The van der Waals surface area contributed by atoms with Crippen LogP contribution in [0.25, 0.3) is 0 Å². The van der Waals surface area contributed by atoms with Crippen LogP contribution in [0.3, 0.4) is 0 Å². The molecule has 0 aliphatic heterocycles. The lowest BCUT2D eigenvalue weighted by Gasteiger charge is -2.09. The van der Waals surface area contributed by atoms with Crippen molar-refractivity contribution in [3.8, 4) is 0 Å². The molecule has 0 aromatic carbocycles. The minimum absolute atomic E-state index is 0.0120. The van der Waals surface area contributed by atoms with Gasteiger partial charge in [-0.25, -0.2) is 18.2 Å². The average molecular weight is 312 g/mol. The maximum absolute atomic E-state index is 11.9. The highest BCUT2D eigenvalue weighted by Crippen LogP contribution is 2.21. The van der Waals surface area contributed by atoms with E-state index in [1.54, 1.807) is 0 Å². The van der Waals surface area contributed by atoms with Crippen molar-refractivity contribution in [1.29, 1.82) is 0 Å². The van der Waals surface area contributed by atoms with Crippen LogP contribution in [0.15, 0.2) is 18.3 Å². The minimum Gasteiger partial charge on any atom is -0.477 e. The van der Waals surface area contributed by atoms with Crippen LogP contribution in [0.2, 0.25) is 0 Å². The Balaban J connectivity index is 2.60. The molecule has 20 heavy (non-hydrogen) atoms. The summed E-state index contributed by atoms with van der Waals surface area (Å²) in [5.74, 6) is -1.96. The topological polar surface area (TPSA) is 96.4 Å². The van der Waals surface area contributed by atoms with Crippen LogP contribution in [0.5, 0.6) is 0 Å². The number of sulfonamides is 1. The van der Waals surface area contributed by atoms with Gasteiger partial charge in [-0.1, -0.05) is 0 Å². The normalized spacial score (nSPS) is 12.2. The second-order valence-corrected chi connectivity index (χ2v) is 5.72. The van der Waals surface area contributed by atoms with Crippen molar-refractivity contribution in [1.82, 2.24) is 4.98 Å². The van der Waals surface area contributed by atoms with Gasteiger partial charge in [-0.05, 0) is 18.6 Å². The van der Waals surface area contributed by atoms with E-state index in [2.05, 4.69) is 4.98 Å². The summed E-state index contributed by atoms with van der Waals surface area (Å²) in [7, 11) is -3.93. The number of hydrogen-bond donors (Lipinski definition) is 2. The number of hydrogen-bond acceptors (Lipinski definition) is 4. The van der Waals surface area contributed by atoms with Crippen molar-refractivity contribution in [3.05, 3.63) is 24.0 Å². The Morgan fingerprint density at radius 3 is 2.45 bits per heavy atom. The molecule has 1 aromatic heterocycles. The molecular weight excluding hydrogens is 301 g/mol. The molecule has 0 atom stereocenters. The molecule has 0 fully saturated rings. The van der Waals surface area contributed by atoms with Gasteiger partial charge in [0.2, 0.25) is 10.0 Å². The largest absolute Gasteiger partial charge is 0.477 e. The standard InChI is InChI=1S/C10H11F3N2O4S/c11-10(12,13)4-1-5-20(18,19)15-7-2-3-8(9(16)17)14-6-7/h2-3,6,15H,1,4-5H2,(H,16,17). The lowest BCUT2D eigenvalue weighted by atomic mass is 10.3. The number of carboxylic acid groups (broad SMARTS) is 1. The quantitative estimate of drug-likeness (QED) is 0.836. The number of halogens is 3. The number of aromatic carboxylic acids is 1. The molecule has 0 bridgehead atoms. The number of carbonyl (C=O) groups is 1. The van der Waals surface area contributed by atoms with Crippen LogP contribution < -0.4 is 4.72 Å². The van der Waals surface area contributed by atoms with Crippen LogP contribution in [-0.2, 0) is 10.0 Å².